The maximum Gasteiger partial charge on any atom is 0.433 e. The van der Waals surface area contributed by atoms with Gasteiger partial charge in [-0.25, -0.2) is 4.98 Å². The van der Waals surface area contributed by atoms with Crippen molar-refractivity contribution < 1.29 is 28.8 Å². The number of pyridine rings is 1. The molecule has 10 heteroatoms. The number of hydrogen-bond donors (Lipinski definition) is 1. The number of anilines is 1. The fraction of sp³-hybridized carbons (Fsp3) is 0.692. The second kappa shape index (κ2) is 9.61. The van der Waals surface area contributed by atoms with E-state index >= 15 is 0 Å². The highest BCUT2D eigenvalue weighted by molar-refractivity contribution is 5.87. The first kappa shape index (κ1) is 24.2. The van der Waals surface area contributed by atoms with Crippen LogP contribution >= 0.6 is 0 Å². The quantitative estimate of drug-likeness (QED) is 0.594. The molecule has 1 aromatic rings. The van der Waals surface area contributed by atoms with E-state index in [1.54, 1.807) is 6.07 Å². The van der Waals surface area contributed by atoms with Crippen molar-refractivity contribution in [3.8, 4) is 0 Å². The molecule has 0 saturated carbocycles. The number of likely N-dealkylation sites (tertiary alicyclic amines) is 1. The van der Waals surface area contributed by atoms with Gasteiger partial charge in [-0.2, -0.15) is 13.2 Å². The first-order valence-electron chi connectivity index (χ1n) is 13.4. The Balaban J connectivity index is 1.26. The van der Waals surface area contributed by atoms with E-state index in [4.69, 9.17) is 10.8 Å². The number of nitrogens with zero attached hydrogens (tertiary/aromatic N) is 3. The summed E-state index contributed by atoms with van der Waals surface area (Å²) in [5, 5.41) is 3.63. The molecule has 2 bridgehead atoms. The lowest BCUT2D eigenvalue weighted by atomic mass is 9.74. The Bertz CT molecular complexity index is 1020. The first-order valence-corrected chi connectivity index (χ1v) is 12.7. The van der Waals surface area contributed by atoms with Gasteiger partial charge in [0.1, 0.15) is 11.5 Å². The van der Waals surface area contributed by atoms with Crippen LogP contribution < -0.4 is 10.2 Å². The van der Waals surface area contributed by atoms with E-state index in [2.05, 4.69) is 36.3 Å². The summed E-state index contributed by atoms with van der Waals surface area (Å²) in [6.45, 7) is 6.19. The highest BCUT2D eigenvalue weighted by Gasteiger charge is 2.53. The number of methoxy groups -OCH3 is 1. The number of halogens is 3. The van der Waals surface area contributed by atoms with Crippen LogP contribution in [0.5, 0.6) is 0 Å². The van der Waals surface area contributed by atoms with Gasteiger partial charge in [0, 0.05) is 38.9 Å². The van der Waals surface area contributed by atoms with Crippen molar-refractivity contribution in [2.24, 2.45) is 11.3 Å². The molecular weight excluding hydrogens is 473 g/mol. The third-order valence-electron chi connectivity index (χ3n) is 8.38. The van der Waals surface area contributed by atoms with Crippen molar-refractivity contribution in [2.75, 3.05) is 38.3 Å². The Kier molecular flexibility index (Phi) is 6.46. The number of carbonyl (C=O) groups is 1. The minimum Gasteiger partial charge on any atom is -0.379 e. The zero-order valence-corrected chi connectivity index (χ0v) is 20.7. The summed E-state index contributed by atoms with van der Waals surface area (Å²) in [4.78, 5) is 21.8. The smallest absolute Gasteiger partial charge is 0.379 e. The van der Waals surface area contributed by atoms with Crippen LogP contribution in [0.4, 0.5) is 19.0 Å². The zero-order valence-electron chi connectivity index (χ0n) is 21.7. The van der Waals surface area contributed by atoms with Crippen LogP contribution in [0.15, 0.2) is 30.4 Å². The van der Waals surface area contributed by atoms with Crippen LogP contribution in [0.2, 0.25) is 0 Å². The minimum atomic E-state index is -4.49. The maximum atomic E-state index is 14.0. The summed E-state index contributed by atoms with van der Waals surface area (Å²) in [7, 11) is -0.119. The molecule has 5 rings (SSSR count). The Hall–Kier alpha value is -2.17. The second-order valence-corrected chi connectivity index (χ2v) is 10.7. The molecule has 0 aromatic carbocycles. The fourth-order valence-corrected chi connectivity index (χ4v) is 6.28. The summed E-state index contributed by atoms with van der Waals surface area (Å²) in [5.41, 5.74) is -1.53. The van der Waals surface area contributed by atoms with E-state index in [9.17, 15) is 18.0 Å². The van der Waals surface area contributed by atoms with Gasteiger partial charge in [-0.1, -0.05) is 32.1 Å². The molecule has 36 heavy (non-hydrogen) atoms. The molecule has 6 atom stereocenters. The number of amides is 1. The molecule has 4 aliphatic rings. The molecule has 1 N–H and O–H groups in total. The van der Waals surface area contributed by atoms with Crippen LogP contribution in [0.3, 0.4) is 0 Å². The van der Waals surface area contributed by atoms with Crippen molar-refractivity contribution in [2.45, 2.75) is 69.6 Å². The van der Waals surface area contributed by atoms with E-state index < -0.39 is 17.3 Å². The van der Waals surface area contributed by atoms with Gasteiger partial charge in [0.05, 0.1) is 31.6 Å². The number of nitrogens with one attached hydrogen (secondary N) is 1. The summed E-state index contributed by atoms with van der Waals surface area (Å²) in [5.74, 6) is 0.496. The lowest BCUT2D eigenvalue weighted by Gasteiger charge is -2.41. The second-order valence-electron chi connectivity index (χ2n) is 10.7. The number of rotatable bonds is 6. The third-order valence-corrected chi connectivity index (χ3v) is 8.38. The Labute approximate surface area is 211 Å². The predicted octanol–water partition coefficient (Wildman–Crippen LogP) is 3.25. The van der Waals surface area contributed by atoms with Gasteiger partial charge in [0.2, 0.25) is 5.91 Å². The largest absolute Gasteiger partial charge is 0.433 e. The van der Waals surface area contributed by atoms with Crippen molar-refractivity contribution in [1.82, 2.24) is 15.2 Å². The highest BCUT2D eigenvalue weighted by atomic mass is 19.4. The van der Waals surface area contributed by atoms with Crippen molar-refractivity contribution in [1.29, 1.82) is 0 Å². The van der Waals surface area contributed by atoms with E-state index in [0.29, 0.717) is 38.5 Å². The lowest BCUT2D eigenvalue weighted by Crippen LogP contribution is -2.55. The van der Waals surface area contributed by atoms with Gasteiger partial charge in [-0.15, -0.1) is 0 Å². The van der Waals surface area contributed by atoms with Crippen LogP contribution in [-0.2, 0) is 20.4 Å². The molecule has 0 radical (unpaired) electrons. The normalized spacial score (nSPS) is 34.6. The van der Waals surface area contributed by atoms with Crippen LogP contribution in [0, 0.1) is 11.3 Å². The molecule has 1 aliphatic carbocycles. The fourth-order valence-electron chi connectivity index (χ4n) is 6.28. The monoisotopic (exact) mass is 509 g/mol. The van der Waals surface area contributed by atoms with E-state index in [1.807, 2.05) is 9.80 Å². The molecule has 1 aromatic heterocycles. The van der Waals surface area contributed by atoms with Crippen LogP contribution in [-0.4, -0.2) is 79.5 Å². The summed E-state index contributed by atoms with van der Waals surface area (Å²) >= 11 is 0. The first-order chi connectivity index (χ1) is 17.6. The Morgan fingerprint density at radius 1 is 1.33 bits per heavy atom. The number of aromatic nitrogens is 1. The standard InChI is InChI=1S/C26H35F3N4O3/c1-16(2)25(9-7-17(12-25)30-20-8-10-36-15-21(20)35-3)24(34)33-14-18-11-19(33)13-32(18)23-6-4-5-22(31-23)26(27,28)29/h4-7,9,16-21,30H,8,10-15H2,1-3H3/t17-,18+,19+,20+,21-,25+/m1/s1/i3D. The van der Waals surface area contributed by atoms with Gasteiger partial charge >= 0.3 is 6.18 Å². The minimum absolute atomic E-state index is 0.0110. The predicted molar refractivity (Wildman–Crippen MR) is 128 cm³/mol. The lowest BCUT2D eigenvalue weighted by molar-refractivity contribution is -0.143. The highest BCUT2D eigenvalue weighted by Crippen LogP contribution is 2.45. The van der Waals surface area contributed by atoms with Crippen molar-refractivity contribution in [3.63, 3.8) is 0 Å². The van der Waals surface area contributed by atoms with Gasteiger partial charge < -0.3 is 24.6 Å². The topological polar surface area (TPSA) is 66.9 Å². The van der Waals surface area contributed by atoms with Gasteiger partial charge in [-0.05, 0) is 37.3 Å². The molecule has 3 fully saturated rings. The molecular formula is C26H35F3N4O3. The number of piperazine rings is 1. The van der Waals surface area contributed by atoms with Crippen molar-refractivity contribution in [3.05, 3.63) is 36.0 Å². The van der Waals surface area contributed by atoms with Gasteiger partial charge in [-0.3, -0.25) is 4.79 Å². The van der Waals surface area contributed by atoms with E-state index in [0.717, 1.165) is 18.9 Å². The average molecular weight is 510 g/mol. The van der Waals surface area contributed by atoms with Crippen LogP contribution in [0.1, 0.15) is 40.2 Å². The van der Waals surface area contributed by atoms with Crippen molar-refractivity contribution >= 4 is 11.7 Å². The molecule has 198 valence electrons. The molecule has 4 heterocycles. The third kappa shape index (κ3) is 4.52. The average Bonchev–Trinajstić information content (AvgIpc) is 3.60. The molecule has 0 unspecified atom stereocenters. The SMILES string of the molecule is [2H]CO[C@@H]1COCC[C@@H]1N[C@@H]1C=C[C@@](C(=O)N2C[C@@H]3C[C@H]2CN3c2cccc(C(F)(F)F)n2)(C(C)C)C1. The number of alkyl halides is 3. The van der Waals surface area contributed by atoms with Crippen LogP contribution in [0.25, 0.3) is 0 Å². The molecule has 7 nitrogen and oxygen atoms in total. The molecule has 0 spiro atoms. The summed E-state index contributed by atoms with van der Waals surface area (Å²) in [6.07, 6.45) is 1.62. The van der Waals surface area contributed by atoms with E-state index in [-0.39, 0.29) is 49.2 Å². The summed E-state index contributed by atoms with van der Waals surface area (Å²) in [6, 6.07) is 3.97. The van der Waals surface area contributed by atoms with Gasteiger partial charge in [0.15, 0.2) is 0 Å². The Morgan fingerprint density at radius 2 is 2.17 bits per heavy atom. The summed E-state index contributed by atoms with van der Waals surface area (Å²) < 4.78 is 58.0. The number of fused-ring (bicyclic) bond motifs is 2. The van der Waals surface area contributed by atoms with Gasteiger partial charge in [0.25, 0.3) is 0 Å². The molecule has 1 amide bonds. The zero-order chi connectivity index (χ0) is 26.4. The molecule has 3 saturated heterocycles. The molecule has 3 aliphatic heterocycles. The number of hydrogen-bond acceptors (Lipinski definition) is 6. The number of carbonyl (C=O) groups excluding carboxylic acids is 1. The number of ether oxygens (including phenoxy) is 2. The van der Waals surface area contributed by atoms with E-state index in [1.165, 1.54) is 6.07 Å². The Morgan fingerprint density at radius 3 is 2.86 bits per heavy atom. The maximum absolute atomic E-state index is 14.0.